The van der Waals surface area contributed by atoms with Crippen molar-refractivity contribution in [2.24, 2.45) is 0 Å². The highest BCUT2D eigenvalue weighted by atomic mass is 32.2. The molecule has 140 valence electrons. The van der Waals surface area contributed by atoms with Crippen LogP contribution in [-0.2, 0) is 23.8 Å². The van der Waals surface area contributed by atoms with Gasteiger partial charge in [0, 0.05) is 6.42 Å². The minimum absolute atomic E-state index is 0.109. The van der Waals surface area contributed by atoms with Crippen molar-refractivity contribution < 1.29 is 45.1 Å². The first-order valence-electron chi connectivity index (χ1n) is 7.10. The average Bonchev–Trinajstić information content (AvgIpc) is 2.50. The fraction of sp³-hybridized carbons (Fsp3) is 0.500. The Morgan fingerprint density at radius 2 is 1.88 bits per heavy atom. The molecule has 1 heterocycles. The molecule has 0 saturated carbocycles. The number of esters is 1. The predicted molar refractivity (Wildman–Crippen MR) is 76.7 cm³/mol. The molecule has 1 N–H and O–H groups in total. The summed E-state index contributed by atoms with van der Waals surface area (Å²) < 4.78 is 74.2. The molecule has 0 aliphatic carbocycles. The van der Waals surface area contributed by atoms with E-state index in [1.165, 1.54) is 19.1 Å². The molecule has 0 bridgehead atoms. The van der Waals surface area contributed by atoms with Crippen molar-refractivity contribution in [1.29, 1.82) is 0 Å². The van der Waals surface area contributed by atoms with E-state index in [0.717, 1.165) is 0 Å². The maximum Gasteiger partial charge on any atom is 0.523 e. The van der Waals surface area contributed by atoms with Gasteiger partial charge in [-0.05, 0) is 19.1 Å². The monoisotopic (exact) mass is 384 g/mol. The molecule has 1 aromatic rings. The second kappa shape index (κ2) is 7.28. The van der Waals surface area contributed by atoms with Gasteiger partial charge in [-0.3, -0.25) is 4.18 Å². The number of benzene rings is 1. The number of rotatable bonds is 4. The number of ether oxygens (including phenoxy) is 2. The van der Waals surface area contributed by atoms with Crippen LogP contribution in [0.15, 0.2) is 30.3 Å². The van der Waals surface area contributed by atoms with Crippen molar-refractivity contribution >= 4 is 16.1 Å². The van der Waals surface area contributed by atoms with Crippen LogP contribution in [0.3, 0.4) is 0 Å². The van der Waals surface area contributed by atoms with E-state index in [1.807, 2.05) is 0 Å². The van der Waals surface area contributed by atoms with Gasteiger partial charge in [0.2, 0.25) is 0 Å². The molecule has 1 aliphatic heterocycles. The van der Waals surface area contributed by atoms with Crippen molar-refractivity contribution in [2.75, 3.05) is 0 Å². The second-order valence-corrected chi connectivity index (χ2v) is 6.87. The molecule has 1 aromatic carbocycles. The molecule has 11 heteroatoms. The van der Waals surface area contributed by atoms with E-state index in [9.17, 15) is 31.5 Å². The van der Waals surface area contributed by atoms with Crippen LogP contribution in [-0.4, -0.2) is 49.6 Å². The van der Waals surface area contributed by atoms with Gasteiger partial charge in [-0.1, -0.05) is 18.2 Å². The van der Waals surface area contributed by atoms with Gasteiger partial charge in [-0.25, -0.2) is 4.79 Å². The molecule has 0 unspecified atom stereocenters. The highest BCUT2D eigenvalue weighted by Gasteiger charge is 2.51. The zero-order valence-electron chi connectivity index (χ0n) is 12.8. The summed E-state index contributed by atoms with van der Waals surface area (Å²) in [5, 5.41) is 9.50. The normalized spacial score (nSPS) is 27.7. The largest absolute Gasteiger partial charge is 0.523 e. The lowest BCUT2D eigenvalue weighted by molar-refractivity contribution is -0.223. The molecule has 25 heavy (non-hydrogen) atoms. The molecule has 1 saturated heterocycles. The third-order valence-electron chi connectivity index (χ3n) is 3.42. The van der Waals surface area contributed by atoms with E-state index in [-0.39, 0.29) is 5.56 Å². The van der Waals surface area contributed by atoms with Crippen LogP contribution in [0.2, 0.25) is 0 Å². The number of hydrogen-bond acceptors (Lipinski definition) is 7. The molecule has 0 amide bonds. The Hall–Kier alpha value is -1.69. The Labute approximate surface area is 141 Å². The van der Waals surface area contributed by atoms with E-state index in [2.05, 4.69) is 4.18 Å². The van der Waals surface area contributed by atoms with Gasteiger partial charge >= 0.3 is 21.6 Å². The molecule has 0 radical (unpaired) electrons. The maximum atomic E-state index is 12.5. The fourth-order valence-electron chi connectivity index (χ4n) is 2.26. The molecule has 7 nitrogen and oxygen atoms in total. The van der Waals surface area contributed by atoms with E-state index in [1.54, 1.807) is 18.2 Å². The molecule has 1 aliphatic rings. The van der Waals surface area contributed by atoms with E-state index >= 15 is 0 Å². The van der Waals surface area contributed by atoms with Crippen molar-refractivity contribution in [3.8, 4) is 0 Å². The smallest absolute Gasteiger partial charge is 0.453 e. The van der Waals surface area contributed by atoms with Crippen molar-refractivity contribution in [3.63, 3.8) is 0 Å². The Morgan fingerprint density at radius 3 is 2.44 bits per heavy atom. The van der Waals surface area contributed by atoms with Gasteiger partial charge in [-0.2, -0.15) is 21.6 Å². The van der Waals surface area contributed by atoms with Crippen LogP contribution in [0.25, 0.3) is 0 Å². The van der Waals surface area contributed by atoms with Crippen LogP contribution in [0, 0.1) is 0 Å². The number of aliphatic hydroxyl groups is 1. The van der Waals surface area contributed by atoms with Gasteiger partial charge in [0.1, 0.15) is 6.10 Å². The topological polar surface area (TPSA) is 99.1 Å². The first-order valence-corrected chi connectivity index (χ1v) is 8.51. The average molecular weight is 384 g/mol. The zero-order chi connectivity index (χ0) is 18.8. The van der Waals surface area contributed by atoms with Crippen molar-refractivity contribution in [1.82, 2.24) is 0 Å². The first-order chi connectivity index (χ1) is 11.5. The number of alkyl halides is 3. The van der Waals surface area contributed by atoms with E-state index in [0.29, 0.717) is 0 Å². The summed E-state index contributed by atoms with van der Waals surface area (Å²) in [7, 11) is -5.94. The number of carbonyl (C=O) groups excluding carboxylic acids is 1. The third kappa shape index (κ3) is 4.69. The molecular weight excluding hydrogens is 369 g/mol. The van der Waals surface area contributed by atoms with Gasteiger partial charge in [0.25, 0.3) is 0 Å². The van der Waals surface area contributed by atoms with Gasteiger partial charge in [0.15, 0.2) is 12.4 Å². The standard InChI is InChI=1S/C14H15F3O7S/c1-8-12(23-13(19)9-5-3-2-4-6-9)10(7-11(18)22-8)24-25(20,21)14(15,16)17/h2-6,8,10-12,18H,7H2,1H3/t8-,10-,11-,12-/m1/s1. The SMILES string of the molecule is C[C@H]1O[C@@H](O)C[C@@H](OS(=O)(=O)C(F)(F)F)[C@@H]1OC(=O)c1ccccc1. The maximum absolute atomic E-state index is 12.5. The Balaban J connectivity index is 2.21. The first kappa shape index (κ1) is 19.6. The zero-order valence-corrected chi connectivity index (χ0v) is 13.7. The van der Waals surface area contributed by atoms with Crippen LogP contribution in [0.4, 0.5) is 13.2 Å². The van der Waals surface area contributed by atoms with Crippen molar-refractivity contribution in [2.45, 2.75) is 43.5 Å². The van der Waals surface area contributed by atoms with Crippen LogP contribution in [0.5, 0.6) is 0 Å². The van der Waals surface area contributed by atoms with E-state index < -0.39 is 52.6 Å². The fourth-order valence-corrected chi connectivity index (χ4v) is 2.89. The summed E-state index contributed by atoms with van der Waals surface area (Å²) in [6.07, 6.45) is -6.49. The number of hydrogen-bond donors (Lipinski definition) is 1. The molecule has 0 spiro atoms. The lowest BCUT2D eigenvalue weighted by Gasteiger charge is -2.37. The third-order valence-corrected chi connectivity index (χ3v) is 4.49. The van der Waals surface area contributed by atoms with Gasteiger partial charge in [-0.15, -0.1) is 0 Å². The molecule has 2 rings (SSSR count). The van der Waals surface area contributed by atoms with Crippen LogP contribution in [0.1, 0.15) is 23.7 Å². The summed E-state index contributed by atoms with van der Waals surface area (Å²) in [6, 6.07) is 7.55. The summed E-state index contributed by atoms with van der Waals surface area (Å²) in [5.74, 6) is -0.893. The molecular formula is C14H15F3O7S. The van der Waals surface area contributed by atoms with Gasteiger partial charge < -0.3 is 14.6 Å². The Kier molecular flexibility index (Phi) is 5.72. The summed E-state index contributed by atoms with van der Waals surface area (Å²) in [6.45, 7) is 1.31. The summed E-state index contributed by atoms with van der Waals surface area (Å²) in [4.78, 5) is 12.1. The van der Waals surface area contributed by atoms with Crippen molar-refractivity contribution in [3.05, 3.63) is 35.9 Å². The molecule has 0 aromatic heterocycles. The highest BCUT2D eigenvalue weighted by molar-refractivity contribution is 7.87. The van der Waals surface area contributed by atoms with E-state index in [4.69, 9.17) is 9.47 Å². The lowest BCUT2D eigenvalue weighted by atomic mass is 10.0. The predicted octanol–water partition coefficient (Wildman–Crippen LogP) is 1.57. The Bertz CT molecular complexity index is 705. The van der Waals surface area contributed by atoms with Crippen LogP contribution < -0.4 is 0 Å². The molecule has 4 atom stereocenters. The summed E-state index contributed by atoms with van der Waals surface area (Å²) >= 11 is 0. The number of carbonyl (C=O) groups is 1. The summed E-state index contributed by atoms with van der Waals surface area (Å²) in [5.41, 5.74) is -5.54. The van der Waals surface area contributed by atoms with Gasteiger partial charge in [0.05, 0.1) is 11.7 Å². The quantitative estimate of drug-likeness (QED) is 0.478. The minimum Gasteiger partial charge on any atom is -0.453 e. The lowest BCUT2D eigenvalue weighted by Crippen LogP contribution is -2.51. The Morgan fingerprint density at radius 1 is 1.28 bits per heavy atom. The minimum atomic E-state index is -5.94. The second-order valence-electron chi connectivity index (χ2n) is 5.30. The molecule has 1 fully saturated rings. The van der Waals surface area contributed by atoms with Crippen LogP contribution >= 0.6 is 0 Å². The highest BCUT2D eigenvalue weighted by Crippen LogP contribution is 2.31. The number of halogens is 3. The number of aliphatic hydroxyl groups excluding tert-OH is 1.